The highest BCUT2D eigenvalue weighted by atomic mass is 35.5. The van der Waals surface area contributed by atoms with Crippen LogP contribution >= 0.6 is 11.6 Å². The van der Waals surface area contributed by atoms with E-state index in [-0.39, 0.29) is 10.2 Å². The largest absolute Gasteiger partial charge is 0.361 e. The zero-order valence-corrected chi connectivity index (χ0v) is 15.7. The lowest BCUT2D eigenvalue weighted by Crippen LogP contribution is -2.21. The van der Waals surface area contributed by atoms with Crippen molar-refractivity contribution in [1.29, 1.82) is 0 Å². The minimum Gasteiger partial charge on any atom is -0.361 e. The van der Waals surface area contributed by atoms with Gasteiger partial charge in [-0.3, -0.25) is 0 Å². The molecule has 0 saturated carbocycles. The average molecular weight is 362 g/mol. The number of imidazole rings is 1. The summed E-state index contributed by atoms with van der Waals surface area (Å²) >= 11 is 5.93. The average Bonchev–Trinajstić information content (AvgIpc) is 2.74. The number of fused-ring (bicyclic) bond motifs is 1. The van der Waals surface area contributed by atoms with Gasteiger partial charge in [-0.25, -0.2) is 18.4 Å². The van der Waals surface area contributed by atoms with Gasteiger partial charge in [-0.05, 0) is 6.04 Å². The number of nitrogens with zero attached hydrogens (tertiary/aromatic N) is 3. The number of hydrogen-bond donors (Lipinski definition) is 0. The topological polar surface area (TPSA) is 74.1 Å². The van der Waals surface area contributed by atoms with Crippen LogP contribution in [0.15, 0.2) is 17.4 Å². The van der Waals surface area contributed by atoms with Gasteiger partial charge in [-0.1, -0.05) is 31.2 Å². The highest BCUT2D eigenvalue weighted by Crippen LogP contribution is 2.23. The number of hydrogen-bond acceptors (Lipinski definition) is 5. The second-order valence-electron chi connectivity index (χ2n) is 6.45. The molecule has 0 aliphatic rings. The second-order valence-corrected chi connectivity index (χ2v) is 14.4. The molecule has 2 rings (SSSR count). The summed E-state index contributed by atoms with van der Waals surface area (Å²) in [6, 6.07) is 2.66. The van der Waals surface area contributed by atoms with Crippen LogP contribution in [-0.4, -0.2) is 43.9 Å². The number of sulfone groups is 1. The van der Waals surface area contributed by atoms with Crippen LogP contribution in [0.5, 0.6) is 0 Å². The third-order valence-corrected chi connectivity index (χ3v) is 6.01. The highest BCUT2D eigenvalue weighted by molar-refractivity contribution is 7.90. The molecule has 0 spiro atoms. The number of rotatable bonds is 6. The molecule has 0 aliphatic carbocycles. The Hall–Kier alpha value is -0.963. The van der Waals surface area contributed by atoms with Gasteiger partial charge in [-0.2, -0.15) is 0 Å². The van der Waals surface area contributed by atoms with E-state index in [0.29, 0.717) is 24.4 Å². The maximum absolute atomic E-state index is 11.8. The van der Waals surface area contributed by atoms with Gasteiger partial charge in [0, 0.05) is 27.0 Å². The molecule has 0 saturated heterocycles. The quantitative estimate of drug-likeness (QED) is 0.449. The van der Waals surface area contributed by atoms with Crippen molar-refractivity contribution in [2.24, 2.45) is 0 Å². The van der Waals surface area contributed by atoms with Gasteiger partial charge in [0.1, 0.15) is 17.4 Å². The molecule has 2 aromatic heterocycles. The molecule has 22 heavy (non-hydrogen) atoms. The molecule has 6 nitrogen and oxygen atoms in total. The third kappa shape index (κ3) is 4.28. The molecule has 0 atom stereocenters. The van der Waals surface area contributed by atoms with E-state index in [2.05, 4.69) is 29.6 Å². The molecule has 0 aliphatic heterocycles. The standard InChI is InChI=1S/C13H20ClN3O3SSi/c1-21(18,19)13-12-10(7-11(14)16-13)17(8-15-12)9-20-5-6-22(2,3)4/h7-8H,5-6,9H2,1-4H3. The second kappa shape index (κ2) is 6.27. The van der Waals surface area contributed by atoms with Crippen LogP contribution in [0.4, 0.5) is 0 Å². The van der Waals surface area contributed by atoms with E-state index < -0.39 is 17.9 Å². The van der Waals surface area contributed by atoms with E-state index in [1.54, 1.807) is 17.0 Å². The van der Waals surface area contributed by atoms with Crippen molar-refractivity contribution < 1.29 is 13.2 Å². The fourth-order valence-corrected chi connectivity index (χ4v) is 3.67. The fourth-order valence-electron chi connectivity index (χ4n) is 1.91. The Balaban J connectivity index is 2.24. The molecule has 0 fully saturated rings. The predicted octanol–water partition coefficient (Wildman–Crippen LogP) is 2.80. The smallest absolute Gasteiger partial charge is 0.195 e. The lowest BCUT2D eigenvalue weighted by atomic mass is 10.4. The Labute approximate surface area is 136 Å². The van der Waals surface area contributed by atoms with Gasteiger partial charge < -0.3 is 9.30 Å². The summed E-state index contributed by atoms with van der Waals surface area (Å²) in [4.78, 5) is 8.03. The third-order valence-electron chi connectivity index (χ3n) is 3.12. The molecule has 2 heterocycles. The maximum Gasteiger partial charge on any atom is 0.195 e. The van der Waals surface area contributed by atoms with E-state index in [4.69, 9.17) is 16.3 Å². The van der Waals surface area contributed by atoms with Crippen LogP contribution in [0.3, 0.4) is 0 Å². The Morgan fingerprint density at radius 3 is 2.64 bits per heavy atom. The Morgan fingerprint density at radius 2 is 2.05 bits per heavy atom. The molecule has 122 valence electrons. The zero-order valence-electron chi connectivity index (χ0n) is 13.1. The van der Waals surface area contributed by atoms with E-state index in [1.165, 1.54) is 0 Å². The van der Waals surface area contributed by atoms with Crippen molar-refractivity contribution in [3.63, 3.8) is 0 Å². The summed E-state index contributed by atoms with van der Waals surface area (Å²) < 4.78 is 31.0. The van der Waals surface area contributed by atoms with Crippen molar-refractivity contribution in [3.8, 4) is 0 Å². The van der Waals surface area contributed by atoms with Gasteiger partial charge in [0.2, 0.25) is 0 Å². The van der Waals surface area contributed by atoms with Crippen LogP contribution in [0.1, 0.15) is 0 Å². The van der Waals surface area contributed by atoms with Crippen molar-refractivity contribution in [3.05, 3.63) is 17.5 Å². The molecule has 0 unspecified atom stereocenters. The van der Waals surface area contributed by atoms with Crippen LogP contribution in [-0.2, 0) is 21.3 Å². The monoisotopic (exact) mass is 361 g/mol. The molecule has 0 radical (unpaired) electrons. The number of ether oxygens (including phenoxy) is 1. The van der Waals surface area contributed by atoms with Crippen molar-refractivity contribution >= 4 is 40.5 Å². The number of aromatic nitrogens is 3. The summed E-state index contributed by atoms with van der Waals surface area (Å²) in [6.45, 7) is 7.84. The SMILES string of the molecule is C[Si](C)(C)CCOCn1cnc2c(S(C)(=O)=O)nc(Cl)cc21. The lowest BCUT2D eigenvalue weighted by molar-refractivity contribution is 0.0898. The Kier molecular flexibility index (Phi) is 4.95. The van der Waals surface area contributed by atoms with E-state index in [9.17, 15) is 8.42 Å². The van der Waals surface area contributed by atoms with Gasteiger partial charge >= 0.3 is 0 Å². The molecule has 0 bridgehead atoms. The predicted molar refractivity (Wildman–Crippen MR) is 89.8 cm³/mol. The van der Waals surface area contributed by atoms with Crippen molar-refractivity contribution in [1.82, 2.24) is 14.5 Å². The maximum atomic E-state index is 11.8. The molecule has 0 aromatic carbocycles. The molecular weight excluding hydrogens is 342 g/mol. The van der Waals surface area contributed by atoms with Gasteiger partial charge in [-0.15, -0.1) is 0 Å². The van der Waals surface area contributed by atoms with Crippen molar-refractivity contribution in [2.45, 2.75) is 37.4 Å². The molecule has 9 heteroatoms. The van der Waals surface area contributed by atoms with Gasteiger partial charge in [0.25, 0.3) is 0 Å². The first-order chi connectivity index (χ1) is 10.1. The van der Waals surface area contributed by atoms with E-state index >= 15 is 0 Å². The molecule has 0 amide bonds. The normalized spacial score (nSPS) is 13.0. The summed E-state index contributed by atoms with van der Waals surface area (Å²) in [6.07, 6.45) is 2.64. The molecular formula is C13H20ClN3O3SSi. The molecule has 0 N–H and O–H groups in total. The van der Waals surface area contributed by atoms with E-state index in [1.807, 2.05) is 0 Å². The van der Waals surface area contributed by atoms with Gasteiger partial charge in [0.05, 0.1) is 11.8 Å². The summed E-state index contributed by atoms with van der Waals surface area (Å²) in [5.74, 6) is 0. The van der Waals surface area contributed by atoms with Crippen LogP contribution < -0.4 is 0 Å². The Morgan fingerprint density at radius 1 is 1.36 bits per heavy atom. The van der Waals surface area contributed by atoms with Crippen LogP contribution in [0.25, 0.3) is 11.0 Å². The lowest BCUT2D eigenvalue weighted by Gasteiger charge is -2.15. The summed E-state index contributed by atoms with van der Waals surface area (Å²) in [5, 5.41) is 0.0209. The Bertz CT molecular complexity index is 784. The van der Waals surface area contributed by atoms with Crippen LogP contribution in [0, 0.1) is 0 Å². The van der Waals surface area contributed by atoms with Gasteiger partial charge in [0.15, 0.2) is 14.9 Å². The van der Waals surface area contributed by atoms with E-state index in [0.717, 1.165) is 12.3 Å². The summed E-state index contributed by atoms with van der Waals surface area (Å²) in [5.41, 5.74) is 0.925. The summed E-state index contributed by atoms with van der Waals surface area (Å²) in [7, 11) is -4.63. The zero-order chi connectivity index (χ0) is 16.5. The van der Waals surface area contributed by atoms with Crippen molar-refractivity contribution in [2.75, 3.05) is 12.9 Å². The first-order valence-corrected chi connectivity index (χ1v) is 12.8. The minimum absolute atomic E-state index is 0.101. The minimum atomic E-state index is -3.49. The van der Waals surface area contributed by atoms with Crippen LogP contribution in [0.2, 0.25) is 30.8 Å². The number of pyridine rings is 1. The number of halogens is 1. The molecule has 2 aromatic rings. The first-order valence-electron chi connectivity index (χ1n) is 6.87. The highest BCUT2D eigenvalue weighted by Gasteiger charge is 2.19. The first kappa shape index (κ1) is 17.4. The fraction of sp³-hybridized carbons (Fsp3) is 0.538.